The second kappa shape index (κ2) is 7.29. The van der Waals surface area contributed by atoms with Gasteiger partial charge in [-0.25, -0.2) is 8.78 Å². The molecule has 2 N–H and O–H groups in total. The maximum absolute atomic E-state index is 14.6. The molecule has 3 fully saturated rings. The summed E-state index contributed by atoms with van der Waals surface area (Å²) in [4.78, 5) is 23.8. The van der Waals surface area contributed by atoms with E-state index in [1.165, 1.54) is 24.3 Å². The molecule has 2 amide bonds. The van der Waals surface area contributed by atoms with Crippen LogP contribution in [0.1, 0.15) is 24.8 Å². The van der Waals surface area contributed by atoms with Crippen molar-refractivity contribution >= 4 is 29.1 Å². The summed E-state index contributed by atoms with van der Waals surface area (Å²) in [5.74, 6) is 0.0999. The zero-order valence-electron chi connectivity index (χ0n) is 15.7. The number of carbonyl (C=O) groups excluding carboxylic acids is 2. The number of rotatable bonds is 6. The molecule has 5 rings (SSSR count). The summed E-state index contributed by atoms with van der Waals surface area (Å²) in [5.41, 5.74) is -0.111. The van der Waals surface area contributed by atoms with Crippen LogP contribution in [0.2, 0.25) is 5.02 Å². The molecule has 3 aliphatic carbocycles. The lowest BCUT2D eigenvalue weighted by atomic mass is 9.37. The Labute approximate surface area is 176 Å². The van der Waals surface area contributed by atoms with Crippen LogP contribution >= 0.6 is 11.6 Å². The third kappa shape index (κ3) is 3.48. The number of benzene rings is 2. The minimum atomic E-state index is -0.646. The van der Waals surface area contributed by atoms with E-state index in [2.05, 4.69) is 10.6 Å². The number of carbonyl (C=O) groups is 2. The molecule has 0 radical (unpaired) electrons. The van der Waals surface area contributed by atoms with E-state index in [1.54, 1.807) is 6.07 Å². The Morgan fingerprint density at radius 1 is 1.17 bits per heavy atom. The fourth-order valence-electron chi connectivity index (χ4n) is 4.56. The summed E-state index contributed by atoms with van der Waals surface area (Å²) < 4.78 is 33.3. The molecule has 0 spiro atoms. The van der Waals surface area contributed by atoms with Crippen molar-refractivity contribution in [3.05, 3.63) is 58.6 Å². The molecule has 30 heavy (non-hydrogen) atoms. The van der Waals surface area contributed by atoms with Gasteiger partial charge in [-0.15, -0.1) is 6.42 Å². The van der Waals surface area contributed by atoms with Crippen LogP contribution in [-0.4, -0.2) is 24.0 Å². The first-order chi connectivity index (χ1) is 14.3. The van der Waals surface area contributed by atoms with Gasteiger partial charge in [-0.05, 0) is 49.4 Å². The van der Waals surface area contributed by atoms with Gasteiger partial charge in [-0.3, -0.25) is 9.59 Å². The standard InChI is InChI=1S/C22H17ClF2N2O3/c1-2-18(28)26-17-5-3-4-15(24)20(17)21-10-22(11-21,12-21)27-19(29)9-30-13-6-7-14(23)16(25)8-13/h1,3-8H,9-12H2,(H,26,28)(H,27,29). The molecule has 0 aromatic heterocycles. The SMILES string of the molecule is C#CC(=O)Nc1cccc(F)c1C12CC(NC(=O)COc3ccc(Cl)c(F)c3)(C1)C2. The summed E-state index contributed by atoms with van der Waals surface area (Å²) in [5, 5.41) is 5.42. The molecule has 2 bridgehead atoms. The van der Waals surface area contributed by atoms with Gasteiger partial charge in [0, 0.05) is 28.3 Å². The van der Waals surface area contributed by atoms with Crippen molar-refractivity contribution in [1.82, 2.24) is 5.32 Å². The zero-order chi connectivity index (χ0) is 21.5. The van der Waals surface area contributed by atoms with Crippen LogP contribution < -0.4 is 15.4 Å². The molecule has 0 unspecified atom stereocenters. The van der Waals surface area contributed by atoms with E-state index in [4.69, 9.17) is 22.8 Å². The van der Waals surface area contributed by atoms with Crippen molar-refractivity contribution in [1.29, 1.82) is 0 Å². The lowest BCUT2D eigenvalue weighted by Crippen LogP contribution is -2.77. The van der Waals surface area contributed by atoms with Gasteiger partial charge < -0.3 is 15.4 Å². The van der Waals surface area contributed by atoms with Crippen molar-refractivity contribution in [2.75, 3.05) is 11.9 Å². The highest BCUT2D eigenvalue weighted by Crippen LogP contribution is 2.69. The lowest BCUT2D eigenvalue weighted by molar-refractivity contribution is -0.140. The molecule has 8 heteroatoms. The second-order valence-corrected chi connectivity index (χ2v) is 8.17. The Morgan fingerprint density at radius 3 is 2.57 bits per heavy atom. The van der Waals surface area contributed by atoms with Crippen molar-refractivity contribution < 1.29 is 23.1 Å². The van der Waals surface area contributed by atoms with Crippen LogP contribution in [0.3, 0.4) is 0 Å². The summed E-state index contributed by atoms with van der Waals surface area (Å²) in [7, 11) is 0. The molecule has 0 heterocycles. The summed E-state index contributed by atoms with van der Waals surface area (Å²) in [6.07, 6.45) is 6.72. The third-order valence-corrected chi connectivity index (χ3v) is 5.93. The second-order valence-electron chi connectivity index (χ2n) is 7.76. The first kappa shape index (κ1) is 20.2. The molecule has 0 aliphatic heterocycles. The quantitative estimate of drug-likeness (QED) is 0.689. The molecular weight excluding hydrogens is 414 g/mol. The highest BCUT2D eigenvalue weighted by molar-refractivity contribution is 6.30. The van der Waals surface area contributed by atoms with Crippen LogP contribution in [-0.2, 0) is 15.0 Å². The zero-order valence-corrected chi connectivity index (χ0v) is 16.5. The monoisotopic (exact) mass is 430 g/mol. The van der Waals surface area contributed by atoms with Gasteiger partial charge in [0.2, 0.25) is 0 Å². The Balaban J connectivity index is 1.37. The smallest absolute Gasteiger partial charge is 0.300 e. The van der Waals surface area contributed by atoms with Gasteiger partial charge in [0.15, 0.2) is 6.61 Å². The first-order valence-corrected chi connectivity index (χ1v) is 9.59. The molecule has 2 aromatic rings. The Morgan fingerprint density at radius 2 is 1.90 bits per heavy atom. The van der Waals surface area contributed by atoms with Crippen molar-refractivity contribution in [2.24, 2.45) is 0 Å². The highest BCUT2D eigenvalue weighted by atomic mass is 35.5. The number of terminal acetylenes is 1. The molecule has 3 saturated carbocycles. The van der Waals surface area contributed by atoms with Gasteiger partial charge in [0.25, 0.3) is 11.8 Å². The number of nitrogens with one attached hydrogen (secondary N) is 2. The van der Waals surface area contributed by atoms with E-state index < -0.39 is 28.5 Å². The van der Waals surface area contributed by atoms with Crippen LogP contribution in [0.4, 0.5) is 14.5 Å². The summed E-state index contributed by atoms with van der Waals surface area (Å²) >= 11 is 5.61. The number of hydrogen-bond acceptors (Lipinski definition) is 3. The van der Waals surface area contributed by atoms with Crippen LogP contribution in [0.25, 0.3) is 0 Å². The summed E-state index contributed by atoms with van der Waals surface area (Å²) in [6, 6.07) is 8.38. The Bertz CT molecular complexity index is 1080. The number of hydrogen-bond donors (Lipinski definition) is 2. The van der Waals surface area contributed by atoms with Crippen LogP contribution in [0, 0.1) is 24.0 Å². The fraction of sp³-hybridized carbons (Fsp3) is 0.273. The molecular formula is C22H17ClF2N2O3. The summed E-state index contributed by atoms with van der Waals surface area (Å²) in [6.45, 7) is -0.279. The average molecular weight is 431 g/mol. The van der Waals surface area contributed by atoms with E-state index in [0.29, 0.717) is 30.5 Å². The highest BCUT2D eigenvalue weighted by Gasteiger charge is 2.70. The Kier molecular flexibility index (Phi) is 4.91. The molecule has 0 atom stereocenters. The topological polar surface area (TPSA) is 67.4 Å². The molecule has 2 aromatic carbocycles. The normalized spacial score (nSPS) is 23.4. The number of anilines is 1. The fourth-order valence-corrected chi connectivity index (χ4v) is 4.68. The van der Waals surface area contributed by atoms with Gasteiger partial charge in [-0.1, -0.05) is 17.7 Å². The number of ether oxygens (including phenoxy) is 1. The minimum Gasteiger partial charge on any atom is -0.484 e. The van der Waals surface area contributed by atoms with Crippen LogP contribution in [0.5, 0.6) is 5.75 Å². The average Bonchev–Trinajstić information content (AvgIpc) is 2.65. The number of amides is 2. The van der Waals surface area contributed by atoms with Crippen molar-refractivity contribution in [3.8, 4) is 18.1 Å². The lowest BCUT2D eigenvalue weighted by Gasteiger charge is -2.71. The van der Waals surface area contributed by atoms with E-state index in [9.17, 15) is 18.4 Å². The number of halogens is 3. The van der Waals surface area contributed by atoms with E-state index in [1.807, 2.05) is 5.92 Å². The van der Waals surface area contributed by atoms with Gasteiger partial charge in [0.1, 0.15) is 17.4 Å². The minimum absolute atomic E-state index is 0.0306. The van der Waals surface area contributed by atoms with Crippen molar-refractivity contribution in [2.45, 2.75) is 30.2 Å². The van der Waals surface area contributed by atoms with Gasteiger partial charge >= 0.3 is 0 Å². The molecule has 154 valence electrons. The largest absolute Gasteiger partial charge is 0.484 e. The maximum atomic E-state index is 14.6. The van der Waals surface area contributed by atoms with E-state index in [-0.39, 0.29) is 23.3 Å². The van der Waals surface area contributed by atoms with E-state index in [0.717, 1.165) is 6.07 Å². The Hall–Kier alpha value is -3.11. The predicted molar refractivity (Wildman–Crippen MR) is 107 cm³/mol. The van der Waals surface area contributed by atoms with E-state index >= 15 is 0 Å². The maximum Gasteiger partial charge on any atom is 0.300 e. The molecule has 3 aliphatic rings. The van der Waals surface area contributed by atoms with Crippen LogP contribution in [0.15, 0.2) is 36.4 Å². The third-order valence-electron chi connectivity index (χ3n) is 5.62. The predicted octanol–water partition coefficient (Wildman–Crippen LogP) is 3.56. The molecule has 0 saturated heterocycles. The van der Waals surface area contributed by atoms with Gasteiger partial charge in [-0.2, -0.15) is 0 Å². The van der Waals surface area contributed by atoms with Crippen molar-refractivity contribution in [3.63, 3.8) is 0 Å². The first-order valence-electron chi connectivity index (χ1n) is 9.21. The molecule has 5 nitrogen and oxygen atoms in total. The van der Waals surface area contributed by atoms with Gasteiger partial charge in [0.05, 0.1) is 5.02 Å².